The van der Waals surface area contributed by atoms with Gasteiger partial charge in [0.15, 0.2) is 5.96 Å². The monoisotopic (exact) mass is 566 g/mol. The van der Waals surface area contributed by atoms with E-state index in [1.54, 1.807) is 19.3 Å². The summed E-state index contributed by atoms with van der Waals surface area (Å²) in [6.45, 7) is 5.07. The summed E-state index contributed by atoms with van der Waals surface area (Å²) in [5, 5.41) is 6.68. The number of morpholine rings is 1. The van der Waals surface area contributed by atoms with Crippen LogP contribution in [0.15, 0.2) is 34.4 Å². The smallest absolute Gasteiger partial charge is 0.242 e. The van der Waals surface area contributed by atoms with Gasteiger partial charge in [0.05, 0.1) is 13.2 Å². The number of aromatic nitrogens is 1. The Hall–Kier alpha value is -1.02. The minimum Gasteiger partial charge on any atom is -0.379 e. The lowest BCUT2D eigenvalue weighted by Crippen LogP contribution is -2.60. The van der Waals surface area contributed by atoms with E-state index in [1.165, 1.54) is 44.4 Å². The lowest BCUT2D eigenvalue weighted by molar-refractivity contribution is -0.0352. The van der Waals surface area contributed by atoms with Crippen LogP contribution >= 0.6 is 24.0 Å². The molecule has 0 bridgehead atoms. The molecular weight excluding hydrogens is 531 g/mol. The molecule has 9 nitrogen and oxygen atoms in total. The number of rotatable bonds is 8. The number of nitrogens with one attached hydrogen (secondary N) is 3. The highest BCUT2D eigenvalue weighted by atomic mass is 127. The summed E-state index contributed by atoms with van der Waals surface area (Å²) in [5.74, 6) is 0.689. The van der Waals surface area contributed by atoms with E-state index in [0.717, 1.165) is 32.8 Å². The van der Waals surface area contributed by atoms with Gasteiger partial charge >= 0.3 is 0 Å². The third-order valence-corrected chi connectivity index (χ3v) is 7.38. The zero-order chi connectivity index (χ0) is 21.3. The zero-order valence-corrected chi connectivity index (χ0v) is 21.3. The van der Waals surface area contributed by atoms with Crippen molar-refractivity contribution in [3.8, 4) is 0 Å². The molecule has 0 aromatic carbocycles. The van der Waals surface area contributed by atoms with Gasteiger partial charge in [-0.15, -0.1) is 24.0 Å². The number of hydrogen-bond acceptors (Lipinski definition) is 6. The van der Waals surface area contributed by atoms with Crippen molar-refractivity contribution in [3.05, 3.63) is 24.5 Å². The Balaban J connectivity index is 0.00000341. The fourth-order valence-electron chi connectivity index (χ4n) is 4.28. The van der Waals surface area contributed by atoms with Crippen LogP contribution in [0.1, 0.15) is 32.1 Å². The van der Waals surface area contributed by atoms with Crippen molar-refractivity contribution in [3.63, 3.8) is 0 Å². The van der Waals surface area contributed by atoms with Crippen molar-refractivity contribution in [2.45, 2.75) is 42.5 Å². The molecule has 0 spiro atoms. The van der Waals surface area contributed by atoms with E-state index >= 15 is 0 Å². The van der Waals surface area contributed by atoms with Gasteiger partial charge in [-0.25, -0.2) is 13.1 Å². The second-order valence-electron chi connectivity index (χ2n) is 7.82. The number of guanidine groups is 1. The number of aliphatic imine (C=N–C) groups is 1. The fraction of sp³-hybridized carbons (Fsp3) is 0.700. The average molecular weight is 567 g/mol. The van der Waals surface area contributed by atoms with Gasteiger partial charge in [0.1, 0.15) is 4.90 Å². The Kier molecular flexibility index (Phi) is 10.9. The molecule has 0 atom stereocenters. The summed E-state index contributed by atoms with van der Waals surface area (Å²) >= 11 is 0. The Bertz CT molecular complexity index is 781. The Labute approximate surface area is 202 Å². The molecule has 1 saturated carbocycles. The van der Waals surface area contributed by atoms with Gasteiger partial charge in [-0.05, 0) is 25.0 Å². The van der Waals surface area contributed by atoms with Gasteiger partial charge in [-0.3, -0.25) is 14.9 Å². The largest absolute Gasteiger partial charge is 0.379 e. The van der Waals surface area contributed by atoms with Crippen LogP contribution < -0.4 is 15.4 Å². The van der Waals surface area contributed by atoms with Crippen LogP contribution in [-0.4, -0.2) is 82.8 Å². The third-order valence-electron chi connectivity index (χ3n) is 5.93. The zero-order valence-electron chi connectivity index (χ0n) is 18.2. The maximum atomic E-state index is 12.3. The molecule has 31 heavy (non-hydrogen) atoms. The van der Waals surface area contributed by atoms with Crippen LogP contribution in [0.4, 0.5) is 0 Å². The molecule has 176 valence electrons. The predicted molar refractivity (Wildman–Crippen MR) is 132 cm³/mol. The van der Waals surface area contributed by atoms with Crippen molar-refractivity contribution in [2.24, 2.45) is 4.99 Å². The van der Waals surface area contributed by atoms with Gasteiger partial charge in [-0.2, -0.15) is 0 Å². The first-order valence-electron chi connectivity index (χ1n) is 10.7. The van der Waals surface area contributed by atoms with E-state index in [-0.39, 0.29) is 41.0 Å². The van der Waals surface area contributed by atoms with Gasteiger partial charge in [0.2, 0.25) is 10.0 Å². The molecule has 2 fully saturated rings. The Morgan fingerprint density at radius 3 is 2.58 bits per heavy atom. The van der Waals surface area contributed by atoms with Gasteiger partial charge in [-0.1, -0.05) is 19.3 Å². The second-order valence-corrected chi connectivity index (χ2v) is 9.59. The quantitative estimate of drug-likeness (QED) is 0.188. The van der Waals surface area contributed by atoms with Crippen LogP contribution in [0.2, 0.25) is 0 Å². The lowest BCUT2D eigenvalue weighted by atomic mass is 9.80. The summed E-state index contributed by atoms with van der Waals surface area (Å²) in [6, 6.07) is 3.13. The first-order chi connectivity index (χ1) is 14.6. The molecule has 3 rings (SSSR count). The minimum atomic E-state index is -3.55. The molecule has 1 aromatic rings. The van der Waals surface area contributed by atoms with Gasteiger partial charge in [0, 0.05) is 57.7 Å². The Morgan fingerprint density at radius 1 is 1.19 bits per heavy atom. The summed E-state index contributed by atoms with van der Waals surface area (Å²) in [6.07, 6.45) is 9.06. The van der Waals surface area contributed by atoms with Crippen molar-refractivity contribution in [1.82, 2.24) is 25.2 Å². The molecule has 1 aromatic heterocycles. The van der Waals surface area contributed by atoms with Gasteiger partial charge < -0.3 is 15.4 Å². The van der Waals surface area contributed by atoms with Crippen molar-refractivity contribution < 1.29 is 13.2 Å². The molecule has 11 heteroatoms. The lowest BCUT2D eigenvalue weighted by Gasteiger charge is -2.48. The second kappa shape index (κ2) is 12.9. The molecule has 0 unspecified atom stereocenters. The van der Waals surface area contributed by atoms with Crippen molar-refractivity contribution in [1.29, 1.82) is 0 Å². The molecule has 2 aliphatic rings. The third kappa shape index (κ3) is 7.52. The van der Waals surface area contributed by atoms with Crippen LogP contribution in [0.3, 0.4) is 0 Å². The minimum absolute atomic E-state index is 0. The van der Waals surface area contributed by atoms with E-state index in [4.69, 9.17) is 4.74 Å². The highest BCUT2D eigenvalue weighted by Gasteiger charge is 2.38. The highest BCUT2D eigenvalue weighted by molar-refractivity contribution is 14.0. The first kappa shape index (κ1) is 26.2. The molecule has 3 N–H and O–H groups in total. The van der Waals surface area contributed by atoms with Crippen LogP contribution in [0.25, 0.3) is 0 Å². The van der Waals surface area contributed by atoms with Crippen molar-refractivity contribution in [2.75, 3.05) is 53.0 Å². The molecule has 1 aliphatic heterocycles. The number of pyridine rings is 1. The van der Waals surface area contributed by atoms with Crippen LogP contribution in [0, 0.1) is 0 Å². The van der Waals surface area contributed by atoms with E-state index in [1.807, 2.05) is 0 Å². The molecular formula is C20H35IN6O3S. The molecule has 1 saturated heterocycles. The predicted octanol–water partition coefficient (Wildman–Crippen LogP) is 1.18. The normalized spacial score (nSPS) is 20.0. The number of ether oxygens (including phenoxy) is 1. The van der Waals surface area contributed by atoms with Gasteiger partial charge in [0.25, 0.3) is 0 Å². The fourth-order valence-corrected chi connectivity index (χ4v) is 5.27. The summed E-state index contributed by atoms with van der Waals surface area (Å²) < 4.78 is 32.6. The number of hydrogen-bond donors (Lipinski definition) is 3. The average Bonchev–Trinajstić information content (AvgIpc) is 2.80. The maximum Gasteiger partial charge on any atom is 0.242 e. The maximum absolute atomic E-state index is 12.3. The van der Waals surface area contributed by atoms with Crippen LogP contribution in [-0.2, 0) is 14.8 Å². The molecule has 2 heterocycles. The van der Waals surface area contributed by atoms with Crippen molar-refractivity contribution >= 4 is 40.0 Å². The standard InChI is InChI=1S/C20H34N6O3S.HI/c1-21-19(23-10-11-25-30(27,28)18-6-5-9-22-16-18)24-17-20(7-3-2-4-8-20)26-12-14-29-15-13-26;/h5-6,9,16,25H,2-4,7-8,10-15,17H2,1H3,(H2,21,23,24);1H. The first-order valence-corrected chi connectivity index (χ1v) is 12.2. The molecule has 0 radical (unpaired) electrons. The molecule has 0 amide bonds. The summed E-state index contributed by atoms with van der Waals surface area (Å²) in [4.78, 5) is 10.9. The summed E-state index contributed by atoms with van der Waals surface area (Å²) in [5.41, 5.74) is 0.140. The van der Waals surface area contributed by atoms with Crippen LogP contribution in [0.5, 0.6) is 0 Å². The number of nitrogens with zero attached hydrogens (tertiary/aromatic N) is 3. The van der Waals surface area contributed by atoms with E-state index in [2.05, 4.69) is 30.2 Å². The molecule has 1 aliphatic carbocycles. The number of sulfonamides is 1. The number of halogens is 1. The highest BCUT2D eigenvalue weighted by Crippen LogP contribution is 2.33. The topological polar surface area (TPSA) is 108 Å². The SMILES string of the molecule is CN=C(NCCNS(=O)(=O)c1cccnc1)NCC1(N2CCOCC2)CCCCC1.I. The Morgan fingerprint density at radius 2 is 1.94 bits per heavy atom. The van der Waals surface area contributed by atoms with E-state index < -0.39 is 10.0 Å². The summed E-state index contributed by atoms with van der Waals surface area (Å²) in [7, 11) is -1.82. The van der Waals surface area contributed by atoms with E-state index in [9.17, 15) is 8.42 Å². The van der Waals surface area contributed by atoms with E-state index in [0.29, 0.717) is 12.5 Å².